The van der Waals surface area contributed by atoms with Gasteiger partial charge in [0.05, 0.1) is 24.3 Å². The Morgan fingerprint density at radius 1 is 1.08 bits per heavy atom. The van der Waals surface area contributed by atoms with Crippen LogP contribution in [0.2, 0.25) is 0 Å². The van der Waals surface area contributed by atoms with Crippen LogP contribution < -0.4 is 20.5 Å². The van der Waals surface area contributed by atoms with Crippen molar-refractivity contribution in [2.75, 3.05) is 7.11 Å². The number of ether oxygens (including phenoxy) is 2. The van der Waals surface area contributed by atoms with Crippen molar-refractivity contribution in [1.82, 2.24) is 20.2 Å². The third-order valence-electron chi connectivity index (χ3n) is 5.47. The van der Waals surface area contributed by atoms with E-state index in [4.69, 9.17) is 9.47 Å². The third kappa shape index (κ3) is 5.87. The molecule has 0 saturated carbocycles. The summed E-state index contributed by atoms with van der Waals surface area (Å²) in [4.78, 5) is 41.9. The van der Waals surface area contributed by atoms with Gasteiger partial charge in [0.2, 0.25) is 0 Å². The van der Waals surface area contributed by atoms with Gasteiger partial charge < -0.3 is 9.47 Å². The predicted octanol–water partition coefficient (Wildman–Crippen LogP) is 3.58. The normalized spacial score (nSPS) is 11.0. The first-order valence-electron chi connectivity index (χ1n) is 11.6. The van der Waals surface area contributed by atoms with E-state index in [-0.39, 0.29) is 17.0 Å². The summed E-state index contributed by atoms with van der Waals surface area (Å²) in [6.45, 7) is 2.43. The standard InChI is InChI=1S/C27H25N5O5/c1-3-4-14-32-26(34)21-10-6-5-9-20(21)24(31-32)25(33)30-29-16-18-11-12-22(23(15-18)36-2)37-27(35)19-8-7-13-28-17-19/h5-13,15-17H,3-4,14H2,1-2H3,(H,30,33)/b29-16+. The molecular formula is C27H25N5O5. The number of methoxy groups -OCH3 is 1. The quantitative estimate of drug-likeness (QED) is 0.161. The molecule has 4 rings (SSSR count). The van der Waals surface area contributed by atoms with Gasteiger partial charge in [-0.1, -0.05) is 31.5 Å². The van der Waals surface area contributed by atoms with Crippen molar-refractivity contribution in [3.05, 3.63) is 94.2 Å². The second-order valence-electron chi connectivity index (χ2n) is 8.02. The van der Waals surface area contributed by atoms with Gasteiger partial charge in [-0.25, -0.2) is 14.9 Å². The number of hydrogen-bond acceptors (Lipinski definition) is 8. The number of hydrogen-bond donors (Lipinski definition) is 1. The Morgan fingerprint density at radius 3 is 2.62 bits per heavy atom. The van der Waals surface area contributed by atoms with E-state index in [1.807, 2.05) is 6.92 Å². The summed E-state index contributed by atoms with van der Waals surface area (Å²) in [5.41, 5.74) is 3.23. The van der Waals surface area contributed by atoms with E-state index in [1.165, 1.54) is 24.2 Å². The molecular weight excluding hydrogens is 474 g/mol. The van der Waals surface area contributed by atoms with Crippen molar-refractivity contribution in [2.45, 2.75) is 26.3 Å². The van der Waals surface area contributed by atoms with Crippen LogP contribution in [0.15, 0.2) is 76.9 Å². The van der Waals surface area contributed by atoms with Crippen LogP contribution in [0.4, 0.5) is 0 Å². The van der Waals surface area contributed by atoms with Gasteiger partial charge in [-0.2, -0.15) is 10.2 Å². The number of nitrogens with zero attached hydrogens (tertiary/aromatic N) is 4. The molecule has 2 aromatic heterocycles. The minimum Gasteiger partial charge on any atom is -0.493 e. The van der Waals surface area contributed by atoms with Crippen molar-refractivity contribution in [3.8, 4) is 11.5 Å². The van der Waals surface area contributed by atoms with Crippen molar-refractivity contribution in [1.29, 1.82) is 0 Å². The average Bonchev–Trinajstić information content (AvgIpc) is 2.93. The van der Waals surface area contributed by atoms with Gasteiger partial charge in [0.15, 0.2) is 17.2 Å². The summed E-state index contributed by atoms with van der Waals surface area (Å²) in [5, 5.41) is 9.20. The molecule has 0 aliphatic heterocycles. The van der Waals surface area contributed by atoms with E-state index in [9.17, 15) is 14.4 Å². The number of fused-ring (bicyclic) bond motifs is 1. The van der Waals surface area contributed by atoms with Crippen LogP contribution in [0, 0.1) is 0 Å². The number of aromatic nitrogens is 3. The molecule has 0 fully saturated rings. The summed E-state index contributed by atoms with van der Waals surface area (Å²) in [5.74, 6) is -0.586. The van der Waals surface area contributed by atoms with Crippen LogP contribution in [-0.4, -0.2) is 40.0 Å². The Labute approximate surface area is 212 Å². The number of amides is 1. The lowest BCUT2D eigenvalue weighted by Gasteiger charge is -2.10. The van der Waals surface area contributed by atoms with Crippen molar-refractivity contribution >= 4 is 28.9 Å². The third-order valence-corrected chi connectivity index (χ3v) is 5.47. The van der Waals surface area contributed by atoms with Gasteiger partial charge in [0.25, 0.3) is 11.5 Å². The first-order valence-corrected chi connectivity index (χ1v) is 11.6. The fraction of sp³-hybridized carbons (Fsp3) is 0.185. The van der Waals surface area contributed by atoms with Gasteiger partial charge in [-0.3, -0.25) is 14.6 Å². The molecule has 0 aliphatic carbocycles. The molecule has 2 heterocycles. The molecule has 2 aromatic carbocycles. The Hall–Kier alpha value is -4.86. The molecule has 0 bridgehead atoms. The van der Waals surface area contributed by atoms with Crippen LogP contribution in [0.3, 0.4) is 0 Å². The molecule has 37 heavy (non-hydrogen) atoms. The summed E-state index contributed by atoms with van der Waals surface area (Å²) in [7, 11) is 1.45. The Morgan fingerprint density at radius 2 is 1.89 bits per heavy atom. The SMILES string of the molecule is CCCCn1nc(C(=O)N/N=C/c2ccc(OC(=O)c3cccnc3)c(OC)c2)c2ccccc2c1=O. The van der Waals surface area contributed by atoms with Gasteiger partial charge in [-0.05, 0) is 48.4 Å². The predicted molar refractivity (Wildman–Crippen MR) is 138 cm³/mol. The zero-order valence-electron chi connectivity index (χ0n) is 20.4. The highest BCUT2D eigenvalue weighted by atomic mass is 16.6. The number of rotatable bonds is 9. The molecule has 0 spiro atoms. The summed E-state index contributed by atoms with van der Waals surface area (Å²) in [6.07, 6.45) is 6.04. The number of nitrogens with one attached hydrogen (secondary N) is 1. The lowest BCUT2D eigenvalue weighted by atomic mass is 10.1. The molecule has 1 amide bonds. The van der Waals surface area contributed by atoms with Gasteiger partial charge in [0, 0.05) is 24.3 Å². The lowest BCUT2D eigenvalue weighted by Crippen LogP contribution is -2.29. The second-order valence-corrected chi connectivity index (χ2v) is 8.02. The molecule has 0 atom stereocenters. The Bertz CT molecular complexity index is 1520. The van der Waals surface area contributed by atoms with E-state index in [0.29, 0.717) is 34.2 Å². The molecule has 188 valence electrons. The van der Waals surface area contributed by atoms with Crippen molar-refractivity contribution in [3.63, 3.8) is 0 Å². The van der Waals surface area contributed by atoms with Crippen LogP contribution in [-0.2, 0) is 6.54 Å². The molecule has 0 unspecified atom stereocenters. The highest BCUT2D eigenvalue weighted by Crippen LogP contribution is 2.28. The molecule has 4 aromatic rings. The Kier molecular flexibility index (Phi) is 7.99. The highest BCUT2D eigenvalue weighted by molar-refractivity contribution is 6.05. The van der Waals surface area contributed by atoms with Crippen molar-refractivity contribution in [2.24, 2.45) is 5.10 Å². The van der Waals surface area contributed by atoms with Crippen LogP contribution in [0.1, 0.15) is 46.2 Å². The minimum atomic E-state index is -0.569. The van der Waals surface area contributed by atoms with Crippen LogP contribution in [0.5, 0.6) is 11.5 Å². The minimum absolute atomic E-state index is 0.110. The molecule has 0 aliphatic rings. The summed E-state index contributed by atoms with van der Waals surface area (Å²) in [6, 6.07) is 14.9. The van der Waals surface area contributed by atoms with Crippen molar-refractivity contribution < 1.29 is 19.1 Å². The second kappa shape index (κ2) is 11.7. The number of hydrazone groups is 1. The maximum atomic E-state index is 12.9. The van der Waals surface area contributed by atoms with E-state index in [2.05, 4.69) is 20.6 Å². The number of esters is 1. The maximum Gasteiger partial charge on any atom is 0.345 e. The number of unbranched alkanes of at least 4 members (excludes halogenated alkanes) is 1. The first kappa shape index (κ1) is 25.2. The molecule has 0 saturated heterocycles. The van der Waals surface area contributed by atoms with E-state index in [0.717, 1.165) is 12.8 Å². The largest absolute Gasteiger partial charge is 0.493 e. The van der Waals surface area contributed by atoms with Gasteiger partial charge in [-0.15, -0.1) is 0 Å². The van der Waals surface area contributed by atoms with Crippen LogP contribution in [0.25, 0.3) is 10.8 Å². The summed E-state index contributed by atoms with van der Waals surface area (Å²) < 4.78 is 12.1. The topological polar surface area (TPSA) is 125 Å². The number of benzene rings is 2. The molecule has 1 N–H and O–H groups in total. The number of pyridine rings is 1. The maximum absolute atomic E-state index is 12.9. The fourth-order valence-corrected chi connectivity index (χ4v) is 3.57. The highest BCUT2D eigenvalue weighted by Gasteiger charge is 2.16. The van der Waals surface area contributed by atoms with E-state index < -0.39 is 11.9 Å². The number of carbonyl (C=O) groups is 2. The zero-order valence-corrected chi connectivity index (χ0v) is 20.4. The summed E-state index contributed by atoms with van der Waals surface area (Å²) >= 11 is 0. The monoisotopic (exact) mass is 499 g/mol. The lowest BCUT2D eigenvalue weighted by molar-refractivity contribution is 0.0729. The van der Waals surface area contributed by atoms with Gasteiger partial charge >= 0.3 is 5.97 Å². The molecule has 10 nitrogen and oxygen atoms in total. The number of aryl methyl sites for hydroxylation is 1. The van der Waals surface area contributed by atoms with E-state index >= 15 is 0 Å². The average molecular weight is 500 g/mol. The van der Waals surface area contributed by atoms with Gasteiger partial charge in [0.1, 0.15) is 0 Å². The van der Waals surface area contributed by atoms with E-state index in [1.54, 1.807) is 60.8 Å². The fourth-order valence-electron chi connectivity index (χ4n) is 3.57. The Balaban J connectivity index is 1.51. The molecule has 0 radical (unpaired) electrons. The zero-order chi connectivity index (χ0) is 26.2. The molecule has 10 heteroatoms. The smallest absolute Gasteiger partial charge is 0.345 e. The number of carbonyl (C=O) groups excluding carboxylic acids is 2. The first-order chi connectivity index (χ1) is 18.0. The van der Waals surface area contributed by atoms with Crippen LogP contribution >= 0.6 is 0 Å².